The van der Waals surface area contributed by atoms with Crippen molar-refractivity contribution in [3.63, 3.8) is 0 Å². The highest BCUT2D eigenvalue weighted by atomic mass is 35.5. The minimum Gasteiger partial charge on any atom is -0.426 e. The van der Waals surface area contributed by atoms with E-state index in [0.29, 0.717) is 0 Å². The molecule has 0 fully saturated rings. The first-order chi connectivity index (χ1) is 6.52. The summed E-state index contributed by atoms with van der Waals surface area (Å²) in [5.41, 5.74) is -0.585. The van der Waals surface area contributed by atoms with E-state index in [1.54, 1.807) is 0 Å². The molecule has 0 bridgehead atoms. The summed E-state index contributed by atoms with van der Waals surface area (Å²) in [5, 5.41) is 10.2. The number of rotatable bonds is 3. The largest absolute Gasteiger partial charge is 0.426 e. The maximum Gasteiger partial charge on any atom is 0.387 e. The SMILES string of the molecule is O=[N+]([O-])c1cccc(Cl)c1OC(F)F. The number of halogens is 3. The van der Waals surface area contributed by atoms with Gasteiger partial charge in [0, 0.05) is 6.07 Å². The van der Waals surface area contributed by atoms with Gasteiger partial charge in [-0.25, -0.2) is 0 Å². The summed E-state index contributed by atoms with van der Waals surface area (Å²) in [6.45, 7) is -3.14. The Hall–Kier alpha value is -1.43. The maximum atomic E-state index is 11.8. The van der Waals surface area contributed by atoms with E-state index < -0.39 is 23.0 Å². The van der Waals surface area contributed by atoms with Gasteiger partial charge in [-0.05, 0) is 6.07 Å². The molecule has 1 aromatic carbocycles. The highest BCUT2D eigenvalue weighted by Gasteiger charge is 2.21. The van der Waals surface area contributed by atoms with Crippen LogP contribution in [0, 0.1) is 10.1 Å². The number of alkyl halides is 2. The summed E-state index contributed by atoms with van der Waals surface area (Å²) in [5.74, 6) is -0.617. The van der Waals surface area contributed by atoms with Crippen LogP contribution in [-0.4, -0.2) is 11.5 Å². The number of benzene rings is 1. The van der Waals surface area contributed by atoms with Gasteiger partial charge in [-0.15, -0.1) is 0 Å². The number of nitro groups is 1. The van der Waals surface area contributed by atoms with E-state index >= 15 is 0 Å². The Morgan fingerprint density at radius 1 is 1.50 bits per heavy atom. The van der Waals surface area contributed by atoms with Gasteiger partial charge in [0.1, 0.15) is 0 Å². The zero-order valence-corrected chi connectivity index (χ0v) is 7.37. The second-order valence-electron chi connectivity index (χ2n) is 2.22. The molecule has 0 saturated carbocycles. The fourth-order valence-electron chi connectivity index (χ4n) is 0.847. The summed E-state index contributed by atoms with van der Waals surface area (Å²) < 4.78 is 27.6. The van der Waals surface area contributed by atoms with Crippen LogP contribution < -0.4 is 4.74 Å². The Labute approximate surface area is 82.2 Å². The third-order valence-electron chi connectivity index (χ3n) is 1.35. The van der Waals surface area contributed by atoms with Crippen LogP contribution >= 0.6 is 11.6 Å². The van der Waals surface area contributed by atoms with Gasteiger partial charge in [-0.1, -0.05) is 17.7 Å². The molecule has 0 heterocycles. The number of hydrogen-bond acceptors (Lipinski definition) is 3. The standard InChI is InChI=1S/C7H4ClF2NO3/c8-4-2-1-3-5(11(12)13)6(4)14-7(9)10/h1-3,7H. The van der Waals surface area contributed by atoms with Crippen molar-refractivity contribution in [2.45, 2.75) is 6.61 Å². The van der Waals surface area contributed by atoms with Gasteiger partial charge in [-0.3, -0.25) is 10.1 Å². The molecule has 7 heteroatoms. The molecule has 0 N–H and O–H groups in total. The minimum absolute atomic E-state index is 0.223. The van der Waals surface area contributed by atoms with Crippen molar-refractivity contribution in [2.75, 3.05) is 0 Å². The first-order valence-electron chi connectivity index (χ1n) is 3.40. The molecule has 1 rings (SSSR count). The van der Waals surface area contributed by atoms with Gasteiger partial charge in [0.25, 0.3) is 0 Å². The second-order valence-corrected chi connectivity index (χ2v) is 2.63. The number of nitro benzene ring substituents is 1. The van der Waals surface area contributed by atoms with Gasteiger partial charge in [0.05, 0.1) is 9.95 Å². The lowest BCUT2D eigenvalue weighted by atomic mass is 10.3. The van der Waals surface area contributed by atoms with E-state index in [2.05, 4.69) is 4.74 Å². The second kappa shape index (κ2) is 4.19. The lowest BCUT2D eigenvalue weighted by Crippen LogP contribution is -2.04. The summed E-state index contributed by atoms with van der Waals surface area (Å²) in [4.78, 5) is 9.53. The normalized spacial score (nSPS) is 10.3. The smallest absolute Gasteiger partial charge is 0.387 e. The van der Waals surface area contributed by atoms with Crippen LogP contribution in [0.2, 0.25) is 5.02 Å². The van der Waals surface area contributed by atoms with E-state index in [0.717, 1.165) is 6.07 Å². The van der Waals surface area contributed by atoms with Crippen molar-refractivity contribution in [2.24, 2.45) is 0 Å². The molecule has 0 unspecified atom stereocenters. The summed E-state index contributed by atoms with van der Waals surface area (Å²) >= 11 is 5.45. The molecule has 0 aliphatic heterocycles. The predicted molar refractivity (Wildman–Crippen MR) is 44.7 cm³/mol. The van der Waals surface area contributed by atoms with E-state index in [4.69, 9.17) is 11.6 Å². The topological polar surface area (TPSA) is 52.4 Å². The average Bonchev–Trinajstić information content (AvgIpc) is 2.07. The number of para-hydroxylation sites is 1. The molecular weight excluding hydrogens is 220 g/mol. The average molecular weight is 224 g/mol. The molecule has 76 valence electrons. The van der Waals surface area contributed by atoms with Crippen LogP contribution in [0.4, 0.5) is 14.5 Å². The highest BCUT2D eigenvalue weighted by molar-refractivity contribution is 6.32. The van der Waals surface area contributed by atoms with Crippen molar-refractivity contribution in [1.82, 2.24) is 0 Å². The summed E-state index contributed by atoms with van der Waals surface area (Å²) in [6.07, 6.45) is 0. The molecule has 14 heavy (non-hydrogen) atoms. The first-order valence-corrected chi connectivity index (χ1v) is 3.78. The van der Waals surface area contributed by atoms with E-state index in [1.807, 2.05) is 0 Å². The molecule has 0 aliphatic rings. The van der Waals surface area contributed by atoms with E-state index in [9.17, 15) is 18.9 Å². The molecule has 0 radical (unpaired) electrons. The van der Waals surface area contributed by atoms with E-state index in [-0.39, 0.29) is 5.02 Å². The van der Waals surface area contributed by atoms with E-state index in [1.165, 1.54) is 12.1 Å². The molecule has 0 aliphatic carbocycles. The van der Waals surface area contributed by atoms with Gasteiger partial charge < -0.3 is 4.74 Å². The number of hydrogen-bond donors (Lipinski definition) is 0. The summed E-state index contributed by atoms with van der Waals surface area (Å²) in [7, 11) is 0. The molecule has 0 atom stereocenters. The Morgan fingerprint density at radius 3 is 2.64 bits per heavy atom. The quantitative estimate of drug-likeness (QED) is 0.585. The zero-order chi connectivity index (χ0) is 10.7. The fourth-order valence-corrected chi connectivity index (χ4v) is 1.06. The Balaban J connectivity index is 3.15. The van der Waals surface area contributed by atoms with Crippen molar-refractivity contribution in [3.05, 3.63) is 33.3 Å². The van der Waals surface area contributed by atoms with Crippen LogP contribution in [0.1, 0.15) is 0 Å². The highest BCUT2D eigenvalue weighted by Crippen LogP contribution is 2.35. The lowest BCUT2D eigenvalue weighted by Gasteiger charge is -2.05. The molecule has 0 spiro atoms. The summed E-state index contributed by atoms with van der Waals surface area (Å²) in [6, 6.07) is 3.54. The van der Waals surface area contributed by atoms with Gasteiger partial charge in [0.2, 0.25) is 5.75 Å². The molecular formula is C7H4ClF2NO3. The van der Waals surface area contributed by atoms with Crippen LogP contribution in [0.3, 0.4) is 0 Å². The first kappa shape index (κ1) is 10.6. The number of ether oxygens (including phenoxy) is 1. The molecule has 0 saturated heterocycles. The van der Waals surface area contributed by atoms with Crippen LogP contribution in [0.15, 0.2) is 18.2 Å². The third-order valence-corrected chi connectivity index (χ3v) is 1.65. The Bertz CT molecular complexity index is 359. The predicted octanol–water partition coefficient (Wildman–Crippen LogP) is 2.85. The third kappa shape index (κ3) is 2.29. The monoisotopic (exact) mass is 223 g/mol. The molecule has 0 amide bonds. The van der Waals surface area contributed by atoms with Crippen LogP contribution in [0.25, 0.3) is 0 Å². The Morgan fingerprint density at radius 2 is 2.14 bits per heavy atom. The van der Waals surface area contributed by atoms with Gasteiger partial charge in [-0.2, -0.15) is 8.78 Å². The molecule has 0 aromatic heterocycles. The minimum atomic E-state index is -3.14. The van der Waals surface area contributed by atoms with Gasteiger partial charge >= 0.3 is 12.3 Å². The molecule has 4 nitrogen and oxygen atoms in total. The van der Waals surface area contributed by atoms with Crippen LogP contribution in [-0.2, 0) is 0 Å². The zero-order valence-electron chi connectivity index (χ0n) is 6.62. The van der Waals surface area contributed by atoms with Crippen molar-refractivity contribution in [1.29, 1.82) is 0 Å². The van der Waals surface area contributed by atoms with Crippen molar-refractivity contribution < 1.29 is 18.4 Å². The number of nitrogens with zero attached hydrogens (tertiary/aromatic N) is 1. The Kier molecular flexibility index (Phi) is 3.19. The lowest BCUT2D eigenvalue weighted by molar-refractivity contribution is -0.386. The molecule has 1 aromatic rings. The van der Waals surface area contributed by atoms with Gasteiger partial charge in [0.15, 0.2) is 0 Å². The van der Waals surface area contributed by atoms with Crippen LogP contribution in [0.5, 0.6) is 5.75 Å². The maximum absolute atomic E-state index is 11.8. The fraction of sp³-hybridized carbons (Fsp3) is 0.143. The van der Waals surface area contributed by atoms with Crippen molar-refractivity contribution in [3.8, 4) is 5.75 Å². The van der Waals surface area contributed by atoms with Crippen molar-refractivity contribution >= 4 is 17.3 Å².